The Hall–Kier alpha value is -0.200. The molecule has 2 nitrogen and oxygen atoms in total. The van der Waals surface area contributed by atoms with Crippen LogP contribution < -0.4 is 0 Å². The number of rotatable bonds is 5. The fourth-order valence-electron chi connectivity index (χ4n) is 1.55. The first-order valence-corrected chi connectivity index (χ1v) is 8.11. The quantitative estimate of drug-likeness (QED) is 0.726. The van der Waals surface area contributed by atoms with Crippen molar-refractivity contribution in [2.75, 3.05) is 13.6 Å². The van der Waals surface area contributed by atoms with Crippen LogP contribution in [0.3, 0.4) is 0 Å². The number of halogens is 2. The van der Waals surface area contributed by atoms with Gasteiger partial charge in [0.05, 0.1) is 15.8 Å². The molecule has 6 heteroatoms. The van der Waals surface area contributed by atoms with E-state index >= 15 is 0 Å². The molecule has 0 fully saturated rings. The summed E-state index contributed by atoms with van der Waals surface area (Å²) < 4.78 is 1.75. The molecule has 2 aromatic heterocycles. The summed E-state index contributed by atoms with van der Waals surface area (Å²) in [4.78, 5) is 15.9. The van der Waals surface area contributed by atoms with Crippen LogP contribution in [0.25, 0.3) is 0 Å². The third-order valence-electron chi connectivity index (χ3n) is 2.31. The number of ketones is 1. The van der Waals surface area contributed by atoms with Crippen LogP contribution in [0.5, 0.6) is 0 Å². The summed E-state index contributed by atoms with van der Waals surface area (Å²) in [6.07, 6.45) is 0. The van der Waals surface area contributed by atoms with E-state index in [1.165, 1.54) is 16.2 Å². The van der Waals surface area contributed by atoms with Gasteiger partial charge in [0, 0.05) is 21.3 Å². The number of thiophene rings is 2. The van der Waals surface area contributed by atoms with Crippen molar-refractivity contribution in [3.05, 3.63) is 42.1 Å². The summed E-state index contributed by atoms with van der Waals surface area (Å²) >= 11 is 12.3. The molecule has 0 radical (unpaired) electrons. The van der Waals surface area contributed by atoms with Gasteiger partial charge in [0.25, 0.3) is 0 Å². The monoisotopic (exact) mass is 363 g/mol. The van der Waals surface area contributed by atoms with Gasteiger partial charge in [0.1, 0.15) is 0 Å². The smallest absolute Gasteiger partial charge is 0.186 e. The van der Waals surface area contributed by atoms with Crippen molar-refractivity contribution in [3.63, 3.8) is 0 Å². The first-order chi connectivity index (χ1) is 8.54. The molecule has 0 spiro atoms. The molecule has 2 rings (SSSR count). The topological polar surface area (TPSA) is 20.3 Å². The molecule has 0 amide bonds. The van der Waals surface area contributed by atoms with Crippen LogP contribution in [-0.2, 0) is 6.54 Å². The van der Waals surface area contributed by atoms with E-state index < -0.39 is 0 Å². The number of likely N-dealkylation sites (N-methyl/N-ethyl adjacent to an activating group) is 1. The number of carbonyl (C=O) groups excluding carboxylic acids is 1. The second-order valence-corrected chi connectivity index (χ2v) is 7.56. The Morgan fingerprint density at radius 1 is 1.50 bits per heavy atom. The maximum Gasteiger partial charge on any atom is 0.186 e. The molecule has 0 saturated carbocycles. The van der Waals surface area contributed by atoms with Crippen molar-refractivity contribution in [2.24, 2.45) is 0 Å². The zero-order valence-corrected chi connectivity index (χ0v) is 13.6. The Morgan fingerprint density at radius 3 is 2.83 bits per heavy atom. The van der Waals surface area contributed by atoms with Gasteiger partial charge in [-0.15, -0.1) is 22.7 Å². The largest absolute Gasteiger partial charge is 0.294 e. The molecule has 2 aromatic rings. The third kappa shape index (κ3) is 3.90. The summed E-state index contributed by atoms with van der Waals surface area (Å²) in [5, 5.41) is 2.05. The Labute approximate surface area is 127 Å². The minimum atomic E-state index is 0.116. The average molecular weight is 365 g/mol. The number of carbonyl (C=O) groups is 1. The minimum absolute atomic E-state index is 0.116. The van der Waals surface area contributed by atoms with Gasteiger partial charge in [-0.05, 0) is 41.2 Å². The molecule has 0 aromatic carbocycles. The van der Waals surface area contributed by atoms with E-state index in [0.717, 1.165) is 15.9 Å². The van der Waals surface area contributed by atoms with Crippen molar-refractivity contribution < 1.29 is 4.79 Å². The molecule has 0 unspecified atom stereocenters. The molecule has 0 aliphatic heterocycles. The van der Waals surface area contributed by atoms with E-state index in [9.17, 15) is 4.79 Å². The Kier molecular flexibility index (Phi) is 4.98. The SMILES string of the molecule is CN(CC(=O)c1ccc(Cl)s1)Cc1cc(Br)cs1. The van der Waals surface area contributed by atoms with Gasteiger partial charge < -0.3 is 0 Å². The maximum absolute atomic E-state index is 12.0. The molecular weight excluding hydrogens is 354 g/mol. The Morgan fingerprint density at radius 2 is 2.28 bits per heavy atom. The van der Waals surface area contributed by atoms with Crippen LogP contribution in [0.1, 0.15) is 14.5 Å². The zero-order chi connectivity index (χ0) is 13.1. The van der Waals surface area contributed by atoms with Gasteiger partial charge in [-0.1, -0.05) is 11.6 Å². The van der Waals surface area contributed by atoms with Crippen LogP contribution >= 0.6 is 50.2 Å². The molecular formula is C12H11BrClNOS2. The lowest BCUT2D eigenvalue weighted by molar-refractivity contribution is 0.0947. The summed E-state index contributed by atoms with van der Waals surface area (Å²) in [6.45, 7) is 1.19. The van der Waals surface area contributed by atoms with Gasteiger partial charge in [-0.3, -0.25) is 9.69 Å². The first kappa shape index (κ1) is 14.2. The lowest BCUT2D eigenvalue weighted by Gasteiger charge is -2.13. The van der Waals surface area contributed by atoms with E-state index in [0.29, 0.717) is 10.9 Å². The van der Waals surface area contributed by atoms with Gasteiger partial charge in [0.2, 0.25) is 0 Å². The van der Waals surface area contributed by atoms with Crippen molar-refractivity contribution >= 4 is 56.0 Å². The standard InChI is InChI=1S/C12H11BrClNOS2/c1-15(5-9-4-8(13)7-17-9)6-10(16)11-2-3-12(14)18-11/h2-4,7H,5-6H2,1H3. The van der Waals surface area contributed by atoms with E-state index in [1.54, 1.807) is 23.5 Å². The van der Waals surface area contributed by atoms with Crippen molar-refractivity contribution in [1.29, 1.82) is 0 Å². The van der Waals surface area contributed by atoms with Gasteiger partial charge >= 0.3 is 0 Å². The van der Waals surface area contributed by atoms with Crippen LogP contribution in [0.2, 0.25) is 4.34 Å². The number of hydrogen-bond acceptors (Lipinski definition) is 4. The molecule has 0 saturated heterocycles. The van der Waals surface area contributed by atoms with Gasteiger partial charge in [-0.2, -0.15) is 0 Å². The van der Waals surface area contributed by atoms with E-state index in [1.807, 2.05) is 17.3 Å². The van der Waals surface area contributed by atoms with Gasteiger partial charge in [-0.25, -0.2) is 0 Å². The summed E-state index contributed by atoms with van der Waals surface area (Å²) in [6, 6.07) is 5.62. The molecule has 96 valence electrons. The van der Waals surface area contributed by atoms with Crippen molar-refractivity contribution in [1.82, 2.24) is 4.90 Å². The maximum atomic E-state index is 12.0. The summed E-state index contributed by atoms with van der Waals surface area (Å²) in [7, 11) is 1.95. The molecule has 0 aliphatic carbocycles. The van der Waals surface area contributed by atoms with Crippen LogP contribution in [0.4, 0.5) is 0 Å². The Bertz CT molecular complexity index is 552. The van der Waals surface area contributed by atoms with Crippen LogP contribution in [0, 0.1) is 0 Å². The van der Waals surface area contributed by atoms with Crippen molar-refractivity contribution in [2.45, 2.75) is 6.54 Å². The van der Waals surface area contributed by atoms with E-state index in [-0.39, 0.29) is 5.78 Å². The molecule has 0 N–H and O–H groups in total. The molecule has 2 heterocycles. The first-order valence-electron chi connectivity index (χ1n) is 5.24. The highest BCUT2D eigenvalue weighted by Gasteiger charge is 2.12. The molecule has 0 atom stereocenters. The summed E-state index contributed by atoms with van der Waals surface area (Å²) in [5.74, 6) is 0.116. The fraction of sp³-hybridized carbons (Fsp3) is 0.250. The lowest BCUT2D eigenvalue weighted by Crippen LogP contribution is -2.24. The van der Waals surface area contributed by atoms with E-state index in [2.05, 4.69) is 22.0 Å². The highest BCUT2D eigenvalue weighted by atomic mass is 79.9. The van der Waals surface area contributed by atoms with E-state index in [4.69, 9.17) is 11.6 Å². The predicted molar refractivity (Wildman–Crippen MR) is 82.0 cm³/mol. The molecule has 0 aliphatic rings. The minimum Gasteiger partial charge on any atom is -0.294 e. The Balaban J connectivity index is 1.91. The predicted octanol–water partition coefficient (Wildman–Crippen LogP) is 4.54. The van der Waals surface area contributed by atoms with Crippen LogP contribution in [-0.4, -0.2) is 24.3 Å². The number of hydrogen-bond donors (Lipinski definition) is 0. The fourth-order valence-corrected chi connectivity index (χ4v) is 4.05. The lowest BCUT2D eigenvalue weighted by atomic mass is 10.3. The number of nitrogens with zero attached hydrogens (tertiary/aromatic N) is 1. The highest BCUT2D eigenvalue weighted by molar-refractivity contribution is 9.10. The highest BCUT2D eigenvalue weighted by Crippen LogP contribution is 2.23. The third-order valence-corrected chi connectivity index (χ3v) is 5.26. The average Bonchev–Trinajstić information content (AvgIpc) is 2.87. The van der Waals surface area contributed by atoms with Gasteiger partial charge in [0.15, 0.2) is 5.78 Å². The normalized spacial score (nSPS) is 11.1. The van der Waals surface area contributed by atoms with Crippen molar-refractivity contribution in [3.8, 4) is 0 Å². The zero-order valence-electron chi connectivity index (χ0n) is 9.65. The second kappa shape index (κ2) is 6.30. The second-order valence-electron chi connectivity index (χ2n) is 3.93. The summed E-state index contributed by atoms with van der Waals surface area (Å²) in [5.41, 5.74) is 0. The molecule has 0 bridgehead atoms. The molecule has 18 heavy (non-hydrogen) atoms. The number of Topliss-reactive ketones (excluding diaryl/α,β-unsaturated/α-hetero) is 1. The van der Waals surface area contributed by atoms with Crippen LogP contribution in [0.15, 0.2) is 28.1 Å².